The van der Waals surface area contributed by atoms with Crippen LogP contribution in [0, 0.1) is 11.8 Å². The molecule has 0 aromatic carbocycles. The molecule has 6 heteroatoms. The zero-order valence-electron chi connectivity index (χ0n) is 12.2. The minimum atomic E-state index is -0.0999. The highest BCUT2D eigenvalue weighted by Crippen LogP contribution is 2.27. The summed E-state index contributed by atoms with van der Waals surface area (Å²) < 4.78 is 6.91. The van der Waals surface area contributed by atoms with Gasteiger partial charge in [-0.25, -0.2) is 4.68 Å². The molecule has 1 saturated carbocycles. The molecule has 1 aromatic rings. The number of hydrogen-bond donors (Lipinski definition) is 1. The molecule has 1 aromatic heterocycles. The van der Waals surface area contributed by atoms with E-state index >= 15 is 0 Å². The second-order valence-corrected chi connectivity index (χ2v) is 6.50. The SMILES string of the molecule is O=c1c(NCCC2CCOC2)c(Cl)cnn1CC1CCC1. The summed E-state index contributed by atoms with van der Waals surface area (Å²) in [6.45, 7) is 3.14. The zero-order chi connectivity index (χ0) is 14.7. The van der Waals surface area contributed by atoms with Crippen molar-refractivity contribution in [3.8, 4) is 0 Å². The molecule has 0 radical (unpaired) electrons. The first-order valence-corrected chi connectivity index (χ1v) is 8.19. The lowest BCUT2D eigenvalue weighted by Gasteiger charge is -2.25. The Labute approximate surface area is 129 Å². The molecule has 21 heavy (non-hydrogen) atoms. The molecule has 1 aliphatic carbocycles. The third kappa shape index (κ3) is 3.58. The first-order valence-electron chi connectivity index (χ1n) is 7.81. The zero-order valence-corrected chi connectivity index (χ0v) is 12.9. The standard InChI is InChI=1S/C15H22ClN3O2/c16-13-8-18-19(9-11-2-1-3-11)15(20)14(13)17-6-4-12-5-7-21-10-12/h8,11-12,17H,1-7,9-10H2. The summed E-state index contributed by atoms with van der Waals surface area (Å²) in [5.41, 5.74) is 0.391. The van der Waals surface area contributed by atoms with Gasteiger partial charge >= 0.3 is 0 Å². The summed E-state index contributed by atoms with van der Waals surface area (Å²) >= 11 is 6.12. The van der Waals surface area contributed by atoms with Crippen LogP contribution in [-0.4, -0.2) is 29.5 Å². The van der Waals surface area contributed by atoms with Crippen molar-refractivity contribution in [3.63, 3.8) is 0 Å². The van der Waals surface area contributed by atoms with Crippen LogP contribution in [0.4, 0.5) is 5.69 Å². The predicted octanol–water partition coefficient (Wildman–Crippen LogP) is 2.54. The predicted molar refractivity (Wildman–Crippen MR) is 82.9 cm³/mol. The van der Waals surface area contributed by atoms with Crippen molar-refractivity contribution in [3.05, 3.63) is 21.6 Å². The number of halogens is 1. The lowest BCUT2D eigenvalue weighted by molar-refractivity contribution is 0.185. The van der Waals surface area contributed by atoms with Crippen LogP contribution in [-0.2, 0) is 11.3 Å². The van der Waals surface area contributed by atoms with Crippen molar-refractivity contribution in [1.29, 1.82) is 0 Å². The maximum absolute atomic E-state index is 12.4. The number of rotatable bonds is 6. The van der Waals surface area contributed by atoms with Gasteiger partial charge in [-0.2, -0.15) is 5.10 Å². The van der Waals surface area contributed by atoms with Crippen LogP contribution in [0.5, 0.6) is 0 Å². The Morgan fingerprint density at radius 3 is 2.90 bits per heavy atom. The average molecular weight is 312 g/mol. The third-order valence-electron chi connectivity index (χ3n) is 4.53. The van der Waals surface area contributed by atoms with Gasteiger partial charge in [0.1, 0.15) is 5.69 Å². The molecule has 1 atom stereocenters. The Balaban J connectivity index is 1.62. The van der Waals surface area contributed by atoms with Gasteiger partial charge in [0, 0.05) is 26.3 Å². The second-order valence-electron chi connectivity index (χ2n) is 6.10. The van der Waals surface area contributed by atoms with Crippen molar-refractivity contribution in [2.75, 3.05) is 25.1 Å². The number of aromatic nitrogens is 2. The van der Waals surface area contributed by atoms with Gasteiger partial charge in [-0.3, -0.25) is 4.79 Å². The summed E-state index contributed by atoms with van der Waals surface area (Å²) in [7, 11) is 0. The highest BCUT2D eigenvalue weighted by molar-refractivity contribution is 6.32. The molecule has 116 valence electrons. The van der Waals surface area contributed by atoms with Crippen molar-refractivity contribution in [2.45, 2.75) is 38.6 Å². The summed E-state index contributed by atoms with van der Waals surface area (Å²) in [5, 5.41) is 7.76. The second kappa shape index (κ2) is 6.79. The molecule has 1 N–H and O–H groups in total. The van der Waals surface area contributed by atoms with Crippen molar-refractivity contribution < 1.29 is 4.74 Å². The Morgan fingerprint density at radius 2 is 2.24 bits per heavy atom. The smallest absolute Gasteiger partial charge is 0.291 e. The van der Waals surface area contributed by atoms with Crippen LogP contribution in [0.2, 0.25) is 5.02 Å². The summed E-state index contributed by atoms with van der Waals surface area (Å²) in [4.78, 5) is 12.4. The molecule has 2 aliphatic rings. The number of anilines is 1. The van der Waals surface area contributed by atoms with Crippen molar-refractivity contribution >= 4 is 17.3 Å². The third-order valence-corrected chi connectivity index (χ3v) is 4.82. The van der Waals surface area contributed by atoms with E-state index in [-0.39, 0.29) is 5.56 Å². The van der Waals surface area contributed by atoms with Gasteiger partial charge in [-0.15, -0.1) is 0 Å². The van der Waals surface area contributed by atoms with Crippen LogP contribution < -0.4 is 10.9 Å². The maximum atomic E-state index is 12.4. The van der Waals surface area contributed by atoms with Crippen LogP contribution in [0.1, 0.15) is 32.1 Å². The minimum Gasteiger partial charge on any atom is -0.381 e. The van der Waals surface area contributed by atoms with Crippen LogP contribution in [0.15, 0.2) is 11.0 Å². The largest absolute Gasteiger partial charge is 0.381 e. The van der Waals surface area contributed by atoms with E-state index in [2.05, 4.69) is 10.4 Å². The van der Waals surface area contributed by atoms with Gasteiger partial charge in [0.15, 0.2) is 0 Å². The number of nitrogens with one attached hydrogen (secondary N) is 1. The van der Waals surface area contributed by atoms with E-state index in [1.54, 1.807) is 10.9 Å². The molecular formula is C15H22ClN3O2. The van der Waals surface area contributed by atoms with E-state index < -0.39 is 0 Å². The van der Waals surface area contributed by atoms with Crippen LogP contribution in [0.25, 0.3) is 0 Å². The first-order chi connectivity index (χ1) is 10.2. The van der Waals surface area contributed by atoms with E-state index in [4.69, 9.17) is 16.3 Å². The molecule has 3 rings (SSSR count). The molecule has 1 saturated heterocycles. The molecule has 2 fully saturated rings. The number of ether oxygens (including phenoxy) is 1. The Kier molecular flexibility index (Phi) is 4.80. The highest BCUT2D eigenvalue weighted by atomic mass is 35.5. The average Bonchev–Trinajstić information content (AvgIpc) is 2.93. The van der Waals surface area contributed by atoms with Gasteiger partial charge in [0.25, 0.3) is 5.56 Å². The molecule has 5 nitrogen and oxygen atoms in total. The summed E-state index contributed by atoms with van der Waals surface area (Å²) in [6, 6.07) is 0. The Hall–Kier alpha value is -1.07. The van der Waals surface area contributed by atoms with E-state index in [0.717, 1.165) is 32.6 Å². The topological polar surface area (TPSA) is 56.1 Å². The highest BCUT2D eigenvalue weighted by Gasteiger charge is 2.20. The van der Waals surface area contributed by atoms with E-state index in [0.29, 0.717) is 29.1 Å². The Bertz CT molecular complexity index is 536. The minimum absolute atomic E-state index is 0.0999. The number of nitrogens with zero attached hydrogens (tertiary/aromatic N) is 2. The molecule has 0 spiro atoms. The lowest BCUT2D eigenvalue weighted by Crippen LogP contribution is -2.31. The summed E-state index contributed by atoms with van der Waals surface area (Å²) in [5.74, 6) is 1.19. The monoisotopic (exact) mass is 311 g/mol. The van der Waals surface area contributed by atoms with E-state index in [1.807, 2.05) is 0 Å². The number of hydrogen-bond acceptors (Lipinski definition) is 4. The van der Waals surface area contributed by atoms with Gasteiger partial charge in [0.05, 0.1) is 11.2 Å². The fraction of sp³-hybridized carbons (Fsp3) is 0.733. The van der Waals surface area contributed by atoms with E-state index in [9.17, 15) is 4.79 Å². The van der Waals surface area contributed by atoms with Gasteiger partial charge in [-0.05, 0) is 37.5 Å². The summed E-state index contributed by atoms with van der Waals surface area (Å²) in [6.07, 6.45) is 7.34. The molecule has 1 aliphatic heterocycles. The van der Waals surface area contributed by atoms with Gasteiger partial charge in [-0.1, -0.05) is 18.0 Å². The maximum Gasteiger partial charge on any atom is 0.291 e. The molecule has 0 amide bonds. The van der Waals surface area contributed by atoms with Crippen molar-refractivity contribution in [1.82, 2.24) is 9.78 Å². The molecule has 2 heterocycles. The van der Waals surface area contributed by atoms with E-state index in [1.165, 1.54) is 19.3 Å². The van der Waals surface area contributed by atoms with Crippen LogP contribution >= 0.6 is 11.6 Å². The van der Waals surface area contributed by atoms with Gasteiger partial charge < -0.3 is 10.1 Å². The Morgan fingerprint density at radius 1 is 1.38 bits per heavy atom. The molecular weight excluding hydrogens is 290 g/mol. The molecule has 0 bridgehead atoms. The lowest BCUT2D eigenvalue weighted by atomic mass is 9.85. The first kappa shape index (κ1) is 14.9. The van der Waals surface area contributed by atoms with Crippen LogP contribution in [0.3, 0.4) is 0 Å². The quantitative estimate of drug-likeness (QED) is 0.877. The molecule has 1 unspecified atom stereocenters. The van der Waals surface area contributed by atoms with Gasteiger partial charge in [0.2, 0.25) is 0 Å². The fourth-order valence-electron chi connectivity index (χ4n) is 2.89. The normalized spacial score (nSPS) is 22.2. The fourth-order valence-corrected chi connectivity index (χ4v) is 3.08. The van der Waals surface area contributed by atoms with Crippen molar-refractivity contribution in [2.24, 2.45) is 11.8 Å².